The number of phenolic OH excluding ortho intramolecular Hbond substituents is 1. The Kier molecular flexibility index (Phi) is 4.70. The number of aromatic nitrogens is 2. The Balaban J connectivity index is 1.95. The molecule has 20 heavy (non-hydrogen) atoms. The van der Waals surface area contributed by atoms with Crippen LogP contribution in [0.4, 0.5) is 0 Å². The summed E-state index contributed by atoms with van der Waals surface area (Å²) >= 11 is 0. The molecule has 0 unspecified atom stereocenters. The van der Waals surface area contributed by atoms with Crippen molar-refractivity contribution in [3.63, 3.8) is 0 Å². The number of rotatable bonds is 6. The molecule has 0 radical (unpaired) electrons. The van der Waals surface area contributed by atoms with Crippen LogP contribution in [0.2, 0.25) is 0 Å². The van der Waals surface area contributed by atoms with Crippen LogP contribution in [0.25, 0.3) is 0 Å². The van der Waals surface area contributed by atoms with Crippen molar-refractivity contribution in [2.45, 2.75) is 18.9 Å². The summed E-state index contributed by atoms with van der Waals surface area (Å²) in [6.45, 7) is 0.867. The summed E-state index contributed by atoms with van der Waals surface area (Å²) in [5.41, 5.74) is 7.08. The first kappa shape index (κ1) is 14.5. The third kappa shape index (κ3) is 4.04. The van der Waals surface area contributed by atoms with Crippen molar-refractivity contribution in [2.75, 3.05) is 20.6 Å². The van der Waals surface area contributed by atoms with E-state index in [1.165, 1.54) is 0 Å². The van der Waals surface area contributed by atoms with E-state index in [2.05, 4.69) is 15.0 Å². The van der Waals surface area contributed by atoms with Crippen LogP contribution in [0, 0.1) is 0 Å². The monoisotopic (exact) mass is 276 g/mol. The van der Waals surface area contributed by atoms with Crippen LogP contribution >= 0.6 is 0 Å². The minimum atomic E-state index is -0.333. The Labute approximate surface area is 118 Å². The highest BCUT2D eigenvalue weighted by atomic mass is 16.5. The molecule has 2 rings (SSSR count). The molecule has 1 atom stereocenters. The van der Waals surface area contributed by atoms with Gasteiger partial charge in [0.1, 0.15) is 5.75 Å². The highest BCUT2D eigenvalue weighted by Gasteiger charge is 2.15. The molecule has 0 spiro atoms. The third-order valence-electron chi connectivity index (χ3n) is 2.98. The van der Waals surface area contributed by atoms with Crippen LogP contribution in [0.5, 0.6) is 5.75 Å². The van der Waals surface area contributed by atoms with Gasteiger partial charge in [-0.15, -0.1) is 0 Å². The van der Waals surface area contributed by atoms with Crippen molar-refractivity contribution < 1.29 is 9.63 Å². The van der Waals surface area contributed by atoms with E-state index >= 15 is 0 Å². The average Bonchev–Trinajstić information content (AvgIpc) is 2.88. The molecular formula is C14H20N4O2. The van der Waals surface area contributed by atoms with Gasteiger partial charge in [0.2, 0.25) is 5.89 Å². The zero-order valence-corrected chi connectivity index (χ0v) is 11.8. The average molecular weight is 276 g/mol. The Morgan fingerprint density at radius 1 is 1.30 bits per heavy atom. The molecule has 0 aliphatic carbocycles. The number of nitrogens with zero attached hydrogens (tertiary/aromatic N) is 3. The van der Waals surface area contributed by atoms with E-state index in [9.17, 15) is 5.11 Å². The molecule has 1 heterocycles. The Morgan fingerprint density at radius 2 is 2.00 bits per heavy atom. The van der Waals surface area contributed by atoms with E-state index in [1.807, 2.05) is 26.2 Å². The van der Waals surface area contributed by atoms with Gasteiger partial charge in [-0.1, -0.05) is 17.3 Å². The number of benzene rings is 1. The molecule has 3 N–H and O–H groups in total. The number of hydrogen-bond acceptors (Lipinski definition) is 6. The largest absolute Gasteiger partial charge is 0.508 e. The summed E-state index contributed by atoms with van der Waals surface area (Å²) in [6, 6.07) is 6.61. The fraction of sp³-hybridized carbons (Fsp3) is 0.429. The zero-order valence-electron chi connectivity index (χ0n) is 11.8. The van der Waals surface area contributed by atoms with Crippen LogP contribution in [-0.2, 0) is 12.8 Å². The van der Waals surface area contributed by atoms with Gasteiger partial charge in [-0.2, -0.15) is 4.98 Å². The molecule has 0 aliphatic heterocycles. The van der Waals surface area contributed by atoms with Crippen LogP contribution < -0.4 is 5.73 Å². The topological polar surface area (TPSA) is 88.4 Å². The van der Waals surface area contributed by atoms with Gasteiger partial charge in [0.05, 0.1) is 6.04 Å². The molecular weight excluding hydrogens is 256 g/mol. The molecule has 0 saturated carbocycles. The van der Waals surface area contributed by atoms with Gasteiger partial charge >= 0.3 is 0 Å². The van der Waals surface area contributed by atoms with Gasteiger partial charge in [0.15, 0.2) is 5.82 Å². The molecule has 2 aromatic rings. The Hall–Kier alpha value is -1.92. The van der Waals surface area contributed by atoms with E-state index in [-0.39, 0.29) is 11.8 Å². The molecule has 108 valence electrons. The van der Waals surface area contributed by atoms with Crippen molar-refractivity contribution in [1.82, 2.24) is 15.0 Å². The van der Waals surface area contributed by atoms with Crippen LogP contribution in [0.3, 0.4) is 0 Å². The molecule has 1 aromatic carbocycles. The molecule has 0 amide bonds. The summed E-state index contributed by atoms with van der Waals surface area (Å²) < 4.78 is 5.20. The number of aromatic hydroxyl groups is 1. The maximum Gasteiger partial charge on any atom is 0.243 e. The summed E-state index contributed by atoms with van der Waals surface area (Å²) in [7, 11) is 4.00. The van der Waals surface area contributed by atoms with Gasteiger partial charge in [0, 0.05) is 13.0 Å². The molecule has 0 aliphatic rings. The number of hydrogen-bond donors (Lipinski definition) is 2. The van der Waals surface area contributed by atoms with Crippen molar-refractivity contribution in [2.24, 2.45) is 5.73 Å². The van der Waals surface area contributed by atoms with Gasteiger partial charge in [-0.25, -0.2) is 0 Å². The second-order valence-electron chi connectivity index (χ2n) is 5.08. The minimum absolute atomic E-state index is 0.242. The molecule has 0 saturated heterocycles. The molecule has 6 nitrogen and oxygen atoms in total. The smallest absolute Gasteiger partial charge is 0.243 e. The normalized spacial score (nSPS) is 12.8. The van der Waals surface area contributed by atoms with E-state index in [1.54, 1.807) is 12.1 Å². The summed E-state index contributed by atoms with van der Waals surface area (Å²) in [4.78, 5) is 6.38. The first-order chi connectivity index (χ1) is 9.54. The highest BCUT2D eigenvalue weighted by Crippen LogP contribution is 2.17. The Morgan fingerprint density at radius 3 is 2.65 bits per heavy atom. The second-order valence-corrected chi connectivity index (χ2v) is 5.08. The second kappa shape index (κ2) is 6.49. The summed E-state index contributed by atoms with van der Waals surface area (Å²) in [5.74, 6) is 1.37. The summed E-state index contributed by atoms with van der Waals surface area (Å²) in [6.07, 6.45) is 1.33. The zero-order chi connectivity index (χ0) is 14.5. The lowest BCUT2D eigenvalue weighted by atomic mass is 10.1. The number of nitrogens with two attached hydrogens (primary N) is 1. The van der Waals surface area contributed by atoms with E-state index in [0.29, 0.717) is 18.1 Å². The van der Waals surface area contributed by atoms with E-state index in [0.717, 1.165) is 18.5 Å². The van der Waals surface area contributed by atoms with E-state index in [4.69, 9.17) is 10.3 Å². The van der Waals surface area contributed by atoms with Crippen molar-refractivity contribution in [3.8, 4) is 5.75 Å². The fourth-order valence-electron chi connectivity index (χ4n) is 1.82. The number of likely N-dealkylation sites (N-methyl/N-ethyl adjacent to an activating group) is 1. The maximum absolute atomic E-state index is 9.24. The molecule has 6 heteroatoms. The molecule has 0 fully saturated rings. The highest BCUT2D eigenvalue weighted by molar-refractivity contribution is 5.26. The van der Waals surface area contributed by atoms with Crippen molar-refractivity contribution >= 4 is 0 Å². The SMILES string of the molecule is CN(C)CCc1noc([C@@H](N)Cc2ccc(O)cc2)n1. The van der Waals surface area contributed by atoms with Crippen LogP contribution in [0.1, 0.15) is 23.3 Å². The summed E-state index contributed by atoms with van der Waals surface area (Å²) in [5, 5.41) is 13.2. The standard InChI is InChI=1S/C14H20N4O2/c1-18(2)8-7-13-16-14(20-17-13)12(15)9-10-3-5-11(19)6-4-10/h3-6,12,19H,7-9,15H2,1-2H3/t12-/m0/s1. The minimum Gasteiger partial charge on any atom is -0.508 e. The molecule has 1 aromatic heterocycles. The van der Waals surface area contributed by atoms with Gasteiger partial charge in [-0.3, -0.25) is 0 Å². The maximum atomic E-state index is 9.24. The van der Waals surface area contributed by atoms with Crippen molar-refractivity contribution in [1.29, 1.82) is 0 Å². The van der Waals surface area contributed by atoms with Gasteiger partial charge in [0.25, 0.3) is 0 Å². The quantitative estimate of drug-likeness (QED) is 0.822. The lowest BCUT2D eigenvalue weighted by Gasteiger charge is -2.07. The lowest BCUT2D eigenvalue weighted by Crippen LogP contribution is -2.16. The third-order valence-corrected chi connectivity index (χ3v) is 2.98. The van der Waals surface area contributed by atoms with Gasteiger partial charge < -0.3 is 20.3 Å². The lowest BCUT2D eigenvalue weighted by molar-refractivity contribution is 0.346. The predicted octanol–water partition coefficient (Wildman–Crippen LogP) is 1.12. The van der Waals surface area contributed by atoms with Crippen molar-refractivity contribution in [3.05, 3.63) is 41.5 Å². The molecule has 0 bridgehead atoms. The van der Waals surface area contributed by atoms with E-state index < -0.39 is 0 Å². The van der Waals surface area contributed by atoms with Crippen LogP contribution in [0.15, 0.2) is 28.8 Å². The fourth-order valence-corrected chi connectivity index (χ4v) is 1.82. The Bertz CT molecular complexity index is 536. The first-order valence-corrected chi connectivity index (χ1v) is 6.55. The van der Waals surface area contributed by atoms with Crippen LogP contribution in [-0.4, -0.2) is 40.8 Å². The van der Waals surface area contributed by atoms with Gasteiger partial charge in [-0.05, 0) is 38.2 Å². The predicted molar refractivity (Wildman–Crippen MR) is 75.3 cm³/mol. The first-order valence-electron chi connectivity index (χ1n) is 6.55. The number of phenols is 1.